The third-order valence-corrected chi connectivity index (χ3v) is 4.67. The minimum absolute atomic E-state index is 0.505. The van der Waals surface area contributed by atoms with Crippen LogP contribution < -0.4 is 5.32 Å². The van der Waals surface area contributed by atoms with Crippen molar-refractivity contribution in [2.45, 2.75) is 51.0 Å². The molecule has 1 aromatic carbocycles. The lowest BCUT2D eigenvalue weighted by molar-refractivity contribution is 0.310. The van der Waals surface area contributed by atoms with Gasteiger partial charge in [-0.05, 0) is 61.8 Å². The van der Waals surface area contributed by atoms with E-state index in [-0.39, 0.29) is 0 Å². The van der Waals surface area contributed by atoms with Gasteiger partial charge in [-0.15, -0.1) is 0 Å². The third-order valence-electron chi connectivity index (χ3n) is 4.67. The number of benzene rings is 1. The monoisotopic (exact) mass is 245 g/mol. The Balaban J connectivity index is 1.75. The van der Waals surface area contributed by atoms with Crippen molar-refractivity contribution in [1.82, 2.24) is 5.32 Å². The normalized spacial score (nSPS) is 28.4. The Kier molecular flexibility index (Phi) is 3.55. The number of nitrogens with one attached hydrogen (secondary N) is 1. The first-order valence-electron chi connectivity index (χ1n) is 7.38. The zero-order chi connectivity index (χ0) is 12.4. The largest absolute Gasteiger partial charge is 0.508 e. The highest BCUT2D eigenvalue weighted by Gasteiger charge is 2.27. The molecule has 2 unspecified atom stereocenters. The molecule has 1 saturated heterocycles. The summed E-state index contributed by atoms with van der Waals surface area (Å²) < 4.78 is 0. The second kappa shape index (κ2) is 5.31. The topological polar surface area (TPSA) is 32.3 Å². The zero-order valence-corrected chi connectivity index (χ0v) is 11.0. The van der Waals surface area contributed by atoms with Gasteiger partial charge in [0.25, 0.3) is 0 Å². The van der Waals surface area contributed by atoms with Gasteiger partial charge in [0.15, 0.2) is 0 Å². The van der Waals surface area contributed by atoms with Crippen molar-refractivity contribution in [1.29, 1.82) is 0 Å². The van der Waals surface area contributed by atoms with Crippen LogP contribution in [-0.2, 0) is 12.8 Å². The highest BCUT2D eigenvalue weighted by atomic mass is 16.3. The van der Waals surface area contributed by atoms with E-state index in [0.717, 1.165) is 12.8 Å². The molecule has 18 heavy (non-hydrogen) atoms. The summed E-state index contributed by atoms with van der Waals surface area (Å²) in [6, 6.07) is 6.64. The van der Waals surface area contributed by atoms with Gasteiger partial charge >= 0.3 is 0 Å². The molecule has 1 heterocycles. The molecule has 0 amide bonds. The van der Waals surface area contributed by atoms with Crippen LogP contribution in [0.15, 0.2) is 18.2 Å². The number of fused-ring (bicyclic) bond motifs is 1. The van der Waals surface area contributed by atoms with Gasteiger partial charge in [-0.3, -0.25) is 0 Å². The van der Waals surface area contributed by atoms with Gasteiger partial charge in [-0.2, -0.15) is 0 Å². The first kappa shape index (κ1) is 12.0. The van der Waals surface area contributed by atoms with Gasteiger partial charge < -0.3 is 10.4 Å². The lowest BCUT2D eigenvalue weighted by Gasteiger charge is -2.32. The number of rotatable bonds is 1. The predicted molar refractivity (Wildman–Crippen MR) is 73.9 cm³/mol. The number of aromatic hydroxyl groups is 1. The fourth-order valence-corrected chi connectivity index (χ4v) is 3.60. The van der Waals surface area contributed by atoms with E-state index in [2.05, 4.69) is 11.4 Å². The average molecular weight is 245 g/mol. The summed E-state index contributed by atoms with van der Waals surface area (Å²) in [5.41, 5.74) is 2.57. The molecule has 0 radical (unpaired) electrons. The van der Waals surface area contributed by atoms with E-state index < -0.39 is 0 Å². The number of hydrogen-bond acceptors (Lipinski definition) is 2. The van der Waals surface area contributed by atoms with E-state index >= 15 is 0 Å². The molecule has 2 heteroatoms. The van der Waals surface area contributed by atoms with E-state index in [1.54, 1.807) is 0 Å². The zero-order valence-electron chi connectivity index (χ0n) is 11.0. The molecular weight excluding hydrogens is 222 g/mol. The maximum absolute atomic E-state index is 10.0. The third kappa shape index (κ3) is 2.39. The van der Waals surface area contributed by atoms with Gasteiger partial charge in [0.2, 0.25) is 0 Å². The Hall–Kier alpha value is -1.02. The molecule has 1 aromatic rings. The average Bonchev–Trinajstić information content (AvgIpc) is 2.68. The lowest BCUT2D eigenvalue weighted by Crippen LogP contribution is -2.38. The molecule has 2 atom stereocenters. The number of phenols is 1. The van der Waals surface area contributed by atoms with E-state index in [4.69, 9.17) is 0 Å². The van der Waals surface area contributed by atoms with E-state index in [1.165, 1.54) is 49.8 Å². The summed E-state index contributed by atoms with van der Waals surface area (Å²) in [7, 11) is 0. The summed E-state index contributed by atoms with van der Waals surface area (Å²) in [6.07, 6.45) is 8.83. The number of phenolic OH excluding ortho intramolecular Hbond substituents is 1. The first-order valence-corrected chi connectivity index (χ1v) is 7.38. The molecule has 2 N–H and O–H groups in total. The standard InChI is InChI=1S/C16H23NO/c18-16-7-4-5-12-8-9-13(11-14(12)16)15-6-2-1-3-10-17-15/h4-5,7,13,15,17-18H,1-3,6,8-11H2. The Bertz CT molecular complexity index is 408. The van der Waals surface area contributed by atoms with Crippen molar-refractivity contribution in [3.05, 3.63) is 29.3 Å². The summed E-state index contributed by atoms with van der Waals surface area (Å²) in [6.45, 7) is 1.18. The van der Waals surface area contributed by atoms with Gasteiger partial charge in [0.05, 0.1) is 0 Å². The summed E-state index contributed by atoms with van der Waals surface area (Å²) in [5, 5.41) is 13.7. The van der Waals surface area contributed by atoms with Crippen LogP contribution in [0.25, 0.3) is 0 Å². The lowest BCUT2D eigenvalue weighted by atomic mass is 9.78. The fraction of sp³-hybridized carbons (Fsp3) is 0.625. The second-order valence-corrected chi connectivity index (χ2v) is 5.83. The maximum Gasteiger partial charge on any atom is 0.119 e. The van der Waals surface area contributed by atoms with Gasteiger partial charge in [0.1, 0.15) is 5.75 Å². The Morgan fingerprint density at radius 3 is 3.00 bits per heavy atom. The molecule has 98 valence electrons. The van der Waals surface area contributed by atoms with Crippen molar-refractivity contribution in [3.63, 3.8) is 0 Å². The molecule has 0 saturated carbocycles. The van der Waals surface area contributed by atoms with Gasteiger partial charge in [-0.1, -0.05) is 25.0 Å². The molecular formula is C16H23NO. The van der Waals surface area contributed by atoms with Crippen LogP contribution in [0, 0.1) is 5.92 Å². The fourth-order valence-electron chi connectivity index (χ4n) is 3.60. The quantitative estimate of drug-likeness (QED) is 0.797. The molecule has 2 nitrogen and oxygen atoms in total. The van der Waals surface area contributed by atoms with Crippen LogP contribution in [0.5, 0.6) is 5.75 Å². The summed E-state index contributed by atoms with van der Waals surface area (Å²) in [5.74, 6) is 1.22. The minimum atomic E-state index is 0.505. The predicted octanol–water partition coefficient (Wildman–Crippen LogP) is 3.03. The Morgan fingerprint density at radius 2 is 2.06 bits per heavy atom. The maximum atomic E-state index is 10.0. The minimum Gasteiger partial charge on any atom is -0.508 e. The van der Waals surface area contributed by atoms with Crippen LogP contribution >= 0.6 is 0 Å². The summed E-state index contributed by atoms with van der Waals surface area (Å²) >= 11 is 0. The van der Waals surface area contributed by atoms with E-state index in [0.29, 0.717) is 17.7 Å². The second-order valence-electron chi connectivity index (χ2n) is 5.83. The van der Waals surface area contributed by atoms with Crippen LogP contribution in [0.4, 0.5) is 0 Å². The van der Waals surface area contributed by atoms with Crippen molar-refractivity contribution in [2.24, 2.45) is 5.92 Å². The molecule has 2 aliphatic rings. The van der Waals surface area contributed by atoms with Crippen molar-refractivity contribution in [3.8, 4) is 5.75 Å². The van der Waals surface area contributed by atoms with Crippen LogP contribution in [0.3, 0.4) is 0 Å². The van der Waals surface area contributed by atoms with Gasteiger partial charge in [-0.25, -0.2) is 0 Å². The smallest absolute Gasteiger partial charge is 0.119 e. The highest BCUT2D eigenvalue weighted by molar-refractivity contribution is 5.41. The molecule has 1 fully saturated rings. The summed E-state index contributed by atoms with van der Waals surface area (Å²) in [4.78, 5) is 0. The van der Waals surface area contributed by atoms with E-state index in [9.17, 15) is 5.11 Å². The molecule has 3 rings (SSSR count). The van der Waals surface area contributed by atoms with Crippen LogP contribution in [0.1, 0.15) is 43.2 Å². The number of hydrogen-bond donors (Lipinski definition) is 2. The Labute approximate surface area is 109 Å². The molecule has 0 spiro atoms. The molecule has 0 bridgehead atoms. The molecule has 1 aliphatic carbocycles. The molecule has 0 aromatic heterocycles. The highest BCUT2D eigenvalue weighted by Crippen LogP contribution is 2.34. The van der Waals surface area contributed by atoms with Crippen molar-refractivity contribution in [2.75, 3.05) is 6.54 Å². The van der Waals surface area contributed by atoms with Crippen molar-refractivity contribution < 1.29 is 5.11 Å². The van der Waals surface area contributed by atoms with Crippen molar-refractivity contribution >= 4 is 0 Å². The number of aryl methyl sites for hydroxylation is 1. The Morgan fingerprint density at radius 1 is 1.11 bits per heavy atom. The van der Waals surface area contributed by atoms with Crippen LogP contribution in [0.2, 0.25) is 0 Å². The van der Waals surface area contributed by atoms with Gasteiger partial charge in [0, 0.05) is 6.04 Å². The van der Waals surface area contributed by atoms with Crippen LogP contribution in [-0.4, -0.2) is 17.7 Å². The van der Waals surface area contributed by atoms with E-state index in [1.807, 2.05) is 12.1 Å². The SMILES string of the molecule is Oc1cccc2c1CC(C1CCCCCN1)CC2. The molecule has 1 aliphatic heterocycles. The first-order chi connectivity index (χ1) is 8.84.